The van der Waals surface area contributed by atoms with Gasteiger partial charge in [0.25, 0.3) is 0 Å². The van der Waals surface area contributed by atoms with Crippen molar-refractivity contribution in [2.45, 2.75) is 63.8 Å². The molecule has 1 saturated heterocycles. The lowest BCUT2D eigenvalue weighted by Crippen LogP contribution is -2.54. The third kappa shape index (κ3) is 3.61. The first-order valence-electron chi connectivity index (χ1n) is 10.2. The molecule has 1 aliphatic carbocycles. The largest absolute Gasteiger partial charge is 0.461 e. The normalized spacial score (nSPS) is 27.5. The summed E-state index contributed by atoms with van der Waals surface area (Å²) in [5.74, 6) is 1.90. The highest BCUT2D eigenvalue weighted by molar-refractivity contribution is 5.73. The number of rotatable bonds is 5. The van der Waals surface area contributed by atoms with E-state index in [9.17, 15) is 4.79 Å². The molecule has 1 aliphatic heterocycles. The van der Waals surface area contributed by atoms with E-state index in [2.05, 4.69) is 34.5 Å². The highest BCUT2D eigenvalue weighted by Crippen LogP contribution is 2.43. The minimum Gasteiger partial charge on any atom is -0.461 e. The van der Waals surface area contributed by atoms with Crippen molar-refractivity contribution >= 4 is 5.91 Å². The van der Waals surface area contributed by atoms with Crippen LogP contribution in [0.25, 0.3) is 11.3 Å². The summed E-state index contributed by atoms with van der Waals surface area (Å²) in [6, 6.07) is 13.1. The molecule has 1 saturated carbocycles. The maximum atomic E-state index is 11.6. The van der Waals surface area contributed by atoms with Gasteiger partial charge in [0, 0.05) is 44.8 Å². The number of carbonyl (C=O) groups excluding carboxylic acids is 1. The summed E-state index contributed by atoms with van der Waals surface area (Å²) in [4.78, 5) is 14.1. The number of nitrogens with zero attached hydrogens (tertiary/aromatic N) is 1. The van der Waals surface area contributed by atoms with Crippen LogP contribution in [0.4, 0.5) is 0 Å². The Hall–Kier alpha value is -2.11. The second kappa shape index (κ2) is 7.72. The van der Waals surface area contributed by atoms with Crippen LogP contribution >= 0.6 is 0 Å². The standard InChI is InChI=1S/C23H30N2O3/c1-16-8-9-21(28-16)20-7-5-4-6-18(20)15-25-13-12-23(27-3)11-10-19(14-22(23)25)24-17(2)26/h4-9,19,22H,10-15H2,1-3H3,(H,24,26)/t19-,22+,23-/m1/s1. The van der Waals surface area contributed by atoms with E-state index in [1.807, 2.05) is 26.2 Å². The van der Waals surface area contributed by atoms with Crippen LogP contribution in [0, 0.1) is 6.92 Å². The molecule has 28 heavy (non-hydrogen) atoms. The average molecular weight is 383 g/mol. The molecule has 0 spiro atoms. The first-order chi connectivity index (χ1) is 13.5. The molecule has 2 aromatic rings. The Morgan fingerprint density at radius 1 is 1.29 bits per heavy atom. The van der Waals surface area contributed by atoms with Crippen LogP contribution in [0.1, 0.15) is 43.9 Å². The molecular formula is C23H30N2O3. The Balaban J connectivity index is 1.57. The van der Waals surface area contributed by atoms with Crippen molar-refractivity contribution in [3.63, 3.8) is 0 Å². The topological polar surface area (TPSA) is 54.7 Å². The van der Waals surface area contributed by atoms with Gasteiger partial charge in [-0.2, -0.15) is 0 Å². The van der Waals surface area contributed by atoms with Crippen LogP contribution < -0.4 is 5.32 Å². The SMILES string of the molecule is CO[C@@]12CC[C@@H](NC(C)=O)C[C@@H]1N(Cc1ccccc1-c1ccc(C)o1)CC2. The average Bonchev–Trinajstić information content (AvgIpc) is 3.26. The van der Waals surface area contributed by atoms with Gasteiger partial charge in [-0.1, -0.05) is 24.3 Å². The number of carbonyl (C=O) groups is 1. The third-order valence-corrected chi connectivity index (χ3v) is 6.50. The van der Waals surface area contributed by atoms with Crippen LogP contribution in [-0.4, -0.2) is 42.1 Å². The molecule has 3 atom stereocenters. The highest BCUT2D eigenvalue weighted by Gasteiger charge is 2.51. The Kier molecular flexibility index (Phi) is 5.30. The number of amides is 1. The molecule has 4 rings (SSSR count). The van der Waals surface area contributed by atoms with Crippen molar-refractivity contribution in [2.75, 3.05) is 13.7 Å². The maximum Gasteiger partial charge on any atom is 0.217 e. The number of hydrogen-bond acceptors (Lipinski definition) is 4. The van der Waals surface area contributed by atoms with Gasteiger partial charge in [0.1, 0.15) is 11.5 Å². The van der Waals surface area contributed by atoms with Gasteiger partial charge >= 0.3 is 0 Å². The number of hydrogen-bond donors (Lipinski definition) is 1. The molecular weight excluding hydrogens is 352 g/mol. The predicted molar refractivity (Wildman–Crippen MR) is 109 cm³/mol. The lowest BCUT2D eigenvalue weighted by molar-refractivity contribution is -0.121. The van der Waals surface area contributed by atoms with E-state index in [1.54, 1.807) is 6.92 Å². The number of fused-ring (bicyclic) bond motifs is 1. The van der Waals surface area contributed by atoms with Crippen molar-refractivity contribution < 1.29 is 13.9 Å². The molecule has 0 bridgehead atoms. The van der Waals surface area contributed by atoms with Gasteiger partial charge in [-0.25, -0.2) is 0 Å². The van der Waals surface area contributed by atoms with Crippen LogP contribution in [0.2, 0.25) is 0 Å². The van der Waals surface area contributed by atoms with E-state index in [0.717, 1.165) is 55.9 Å². The molecule has 2 heterocycles. The van der Waals surface area contributed by atoms with Gasteiger partial charge in [0.05, 0.1) is 5.60 Å². The molecule has 1 aromatic carbocycles. The van der Waals surface area contributed by atoms with Crippen molar-refractivity contribution in [2.24, 2.45) is 0 Å². The summed E-state index contributed by atoms with van der Waals surface area (Å²) in [5.41, 5.74) is 2.33. The smallest absolute Gasteiger partial charge is 0.217 e. The fraction of sp³-hybridized carbons (Fsp3) is 0.522. The Morgan fingerprint density at radius 3 is 2.82 bits per heavy atom. The zero-order valence-electron chi connectivity index (χ0n) is 17.0. The van der Waals surface area contributed by atoms with Crippen molar-refractivity contribution in [1.82, 2.24) is 10.2 Å². The summed E-state index contributed by atoms with van der Waals surface area (Å²) >= 11 is 0. The van der Waals surface area contributed by atoms with Gasteiger partial charge in [-0.15, -0.1) is 0 Å². The molecule has 5 nitrogen and oxygen atoms in total. The van der Waals surface area contributed by atoms with Gasteiger partial charge in [0.15, 0.2) is 0 Å². The van der Waals surface area contributed by atoms with E-state index in [0.29, 0.717) is 6.04 Å². The number of methoxy groups -OCH3 is 1. The minimum atomic E-state index is -0.0921. The van der Waals surface area contributed by atoms with Crippen LogP contribution in [0.15, 0.2) is 40.8 Å². The highest BCUT2D eigenvalue weighted by atomic mass is 16.5. The van der Waals surface area contributed by atoms with E-state index >= 15 is 0 Å². The number of nitrogens with one attached hydrogen (secondary N) is 1. The summed E-state index contributed by atoms with van der Waals surface area (Å²) in [6.45, 7) is 5.45. The fourth-order valence-electron chi connectivity index (χ4n) is 5.09. The first-order valence-corrected chi connectivity index (χ1v) is 10.2. The number of likely N-dealkylation sites (tertiary alicyclic amines) is 1. The van der Waals surface area contributed by atoms with Gasteiger partial charge in [-0.3, -0.25) is 9.69 Å². The number of ether oxygens (including phenoxy) is 1. The molecule has 1 aromatic heterocycles. The minimum absolute atomic E-state index is 0.0537. The van der Waals surface area contributed by atoms with Crippen LogP contribution in [-0.2, 0) is 16.1 Å². The monoisotopic (exact) mass is 382 g/mol. The predicted octanol–water partition coefficient (Wildman–Crippen LogP) is 3.90. The molecule has 150 valence electrons. The Labute approximate surface area is 167 Å². The van der Waals surface area contributed by atoms with Crippen LogP contribution in [0.3, 0.4) is 0 Å². The lowest BCUT2D eigenvalue weighted by Gasteiger charge is -2.44. The molecule has 1 N–H and O–H groups in total. The molecule has 0 radical (unpaired) electrons. The van der Waals surface area contributed by atoms with Gasteiger partial charge < -0.3 is 14.5 Å². The van der Waals surface area contributed by atoms with E-state index < -0.39 is 0 Å². The molecule has 2 aliphatic rings. The van der Waals surface area contributed by atoms with Crippen molar-refractivity contribution in [3.05, 3.63) is 47.7 Å². The zero-order chi connectivity index (χ0) is 19.7. The summed E-state index contributed by atoms with van der Waals surface area (Å²) in [5, 5.41) is 3.12. The second-order valence-electron chi connectivity index (χ2n) is 8.24. The third-order valence-electron chi connectivity index (χ3n) is 6.50. The maximum absolute atomic E-state index is 11.6. The van der Waals surface area contributed by atoms with Gasteiger partial charge in [-0.05, 0) is 50.3 Å². The molecule has 2 fully saturated rings. The Morgan fingerprint density at radius 2 is 2.11 bits per heavy atom. The fourth-order valence-corrected chi connectivity index (χ4v) is 5.09. The number of furan rings is 1. The number of benzene rings is 1. The quantitative estimate of drug-likeness (QED) is 0.852. The van der Waals surface area contributed by atoms with Crippen molar-refractivity contribution in [1.29, 1.82) is 0 Å². The summed E-state index contributed by atoms with van der Waals surface area (Å²) in [6.07, 6.45) is 3.97. The summed E-state index contributed by atoms with van der Waals surface area (Å²) < 4.78 is 12.0. The van der Waals surface area contributed by atoms with E-state index in [4.69, 9.17) is 9.15 Å². The lowest BCUT2D eigenvalue weighted by atomic mass is 9.78. The zero-order valence-corrected chi connectivity index (χ0v) is 17.0. The molecule has 5 heteroatoms. The second-order valence-corrected chi connectivity index (χ2v) is 8.24. The first kappa shape index (κ1) is 19.2. The van der Waals surface area contributed by atoms with E-state index in [-0.39, 0.29) is 17.6 Å². The number of aryl methyl sites for hydroxylation is 1. The van der Waals surface area contributed by atoms with E-state index in [1.165, 1.54) is 5.56 Å². The Bertz CT molecular complexity index is 846. The van der Waals surface area contributed by atoms with Crippen LogP contribution in [0.5, 0.6) is 0 Å². The van der Waals surface area contributed by atoms with Gasteiger partial charge in [0.2, 0.25) is 5.91 Å². The molecule has 1 amide bonds. The summed E-state index contributed by atoms with van der Waals surface area (Å²) in [7, 11) is 1.84. The van der Waals surface area contributed by atoms with Crippen molar-refractivity contribution in [3.8, 4) is 11.3 Å². The molecule has 0 unspecified atom stereocenters.